The molecule has 0 saturated carbocycles. The van der Waals surface area contributed by atoms with Gasteiger partial charge in [0.15, 0.2) is 0 Å². The Hall–Kier alpha value is -2.63. The van der Waals surface area contributed by atoms with Gasteiger partial charge in [-0.25, -0.2) is 8.78 Å². The molecule has 32 heavy (non-hydrogen) atoms. The minimum atomic E-state index is -0.396. The molecule has 1 heterocycles. The van der Waals surface area contributed by atoms with E-state index < -0.39 is 6.10 Å². The normalized spacial score (nSPS) is 15.6. The summed E-state index contributed by atoms with van der Waals surface area (Å²) in [7, 11) is 0. The van der Waals surface area contributed by atoms with Gasteiger partial charge in [0.2, 0.25) is 0 Å². The average molecular weight is 457 g/mol. The van der Waals surface area contributed by atoms with Crippen molar-refractivity contribution in [2.75, 3.05) is 37.6 Å². The van der Waals surface area contributed by atoms with Crippen LogP contribution in [0.5, 0.6) is 5.75 Å². The van der Waals surface area contributed by atoms with Gasteiger partial charge in [0, 0.05) is 55.4 Å². The second-order valence-corrected chi connectivity index (χ2v) is 8.54. The van der Waals surface area contributed by atoms with Gasteiger partial charge in [0.1, 0.15) is 23.5 Å². The van der Waals surface area contributed by atoms with Crippen LogP contribution in [-0.2, 0) is 0 Å². The first-order valence-corrected chi connectivity index (χ1v) is 11.3. The van der Waals surface area contributed by atoms with Crippen molar-refractivity contribution >= 4 is 17.3 Å². The van der Waals surface area contributed by atoms with Gasteiger partial charge in [0.05, 0.1) is 0 Å². The van der Waals surface area contributed by atoms with Crippen molar-refractivity contribution in [3.63, 3.8) is 0 Å². The Morgan fingerprint density at radius 3 is 2.34 bits per heavy atom. The summed E-state index contributed by atoms with van der Waals surface area (Å²) in [5.41, 5.74) is 2.52. The van der Waals surface area contributed by atoms with E-state index in [0.29, 0.717) is 22.8 Å². The molecular formula is C26H27ClF2N2O. The van der Waals surface area contributed by atoms with Crippen LogP contribution in [0.15, 0.2) is 66.7 Å². The SMILES string of the molecule is Cc1cc(OC(CCN2CCN(c3ccc(F)cc3)CC2)c2ccccc2F)ccc1Cl. The molecule has 0 aliphatic carbocycles. The first-order chi connectivity index (χ1) is 15.5. The molecule has 4 rings (SSSR count). The largest absolute Gasteiger partial charge is 0.486 e. The van der Waals surface area contributed by atoms with E-state index in [4.69, 9.17) is 16.3 Å². The van der Waals surface area contributed by atoms with Gasteiger partial charge in [-0.05, 0) is 61.0 Å². The molecule has 1 aliphatic rings. The minimum Gasteiger partial charge on any atom is -0.486 e. The molecule has 1 unspecified atom stereocenters. The van der Waals surface area contributed by atoms with Crippen molar-refractivity contribution in [1.82, 2.24) is 4.90 Å². The highest BCUT2D eigenvalue weighted by Gasteiger charge is 2.22. The number of benzene rings is 3. The molecule has 1 saturated heterocycles. The maximum Gasteiger partial charge on any atom is 0.130 e. The van der Waals surface area contributed by atoms with Gasteiger partial charge >= 0.3 is 0 Å². The third kappa shape index (κ3) is 5.59. The van der Waals surface area contributed by atoms with E-state index in [2.05, 4.69) is 9.80 Å². The Morgan fingerprint density at radius 2 is 1.66 bits per heavy atom. The van der Waals surface area contributed by atoms with Crippen LogP contribution < -0.4 is 9.64 Å². The van der Waals surface area contributed by atoms with Crippen molar-refractivity contribution in [2.24, 2.45) is 0 Å². The van der Waals surface area contributed by atoms with Crippen LogP contribution in [0.1, 0.15) is 23.7 Å². The van der Waals surface area contributed by atoms with Gasteiger partial charge in [-0.3, -0.25) is 4.90 Å². The molecule has 0 spiro atoms. The highest BCUT2D eigenvalue weighted by molar-refractivity contribution is 6.31. The third-order valence-corrected chi connectivity index (χ3v) is 6.36. The van der Waals surface area contributed by atoms with Crippen LogP contribution in [-0.4, -0.2) is 37.6 Å². The van der Waals surface area contributed by atoms with Crippen LogP contribution in [0.2, 0.25) is 5.02 Å². The fraction of sp³-hybridized carbons (Fsp3) is 0.308. The maximum absolute atomic E-state index is 14.6. The monoisotopic (exact) mass is 456 g/mol. The average Bonchev–Trinajstić information content (AvgIpc) is 2.80. The van der Waals surface area contributed by atoms with Crippen LogP contribution in [0.3, 0.4) is 0 Å². The zero-order valence-electron chi connectivity index (χ0n) is 18.1. The molecule has 6 heteroatoms. The lowest BCUT2D eigenvalue weighted by atomic mass is 10.0. The van der Waals surface area contributed by atoms with E-state index in [0.717, 1.165) is 44.0 Å². The lowest BCUT2D eigenvalue weighted by Gasteiger charge is -2.36. The fourth-order valence-electron chi connectivity index (χ4n) is 4.05. The summed E-state index contributed by atoms with van der Waals surface area (Å²) in [6.07, 6.45) is 0.269. The minimum absolute atomic E-state index is 0.220. The number of anilines is 1. The molecule has 1 aliphatic heterocycles. The first kappa shape index (κ1) is 22.6. The smallest absolute Gasteiger partial charge is 0.130 e. The van der Waals surface area contributed by atoms with Gasteiger partial charge in [-0.2, -0.15) is 0 Å². The number of hydrogen-bond donors (Lipinski definition) is 0. The molecule has 0 amide bonds. The van der Waals surface area contributed by atoms with Gasteiger partial charge < -0.3 is 9.64 Å². The van der Waals surface area contributed by atoms with E-state index in [-0.39, 0.29) is 11.6 Å². The Bertz CT molecular complexity index is 1040. The lowest BCUT2D eigenvalue weighted by Crippen LogP contribution is -2.46. The maximum atomic E-state index is 14.6. The quantitative estimate of drug-likeness (QED) is 0.417. The summed E-state index contributed by atoms with van der Waals surface area (Å²) >= 11 is 6.14. The lowest BCUT2D eigenvalue weighted by molar-refractivity contribution is 0.157. The van der Waals surface area contributed by atoms with Crippen LogP contribution >= 0.6 is 11.6 Å². The van der Waals surface area contributed by atoms with E-state index in [1.54, 1.807) is 18.2 Å². The van der Waals surface area contributed by atoms with Crippen molar-refractivity contribution in [2.45, 2.75) is 19.4 Å². The molecular weight excluding hydrogens is 430 g/mol. The first-order valence-electron chi connectivity index (χ1n) is 10.9. The zero-order chi connectivity index (χ0) is 22.5. The number of hydrogen-bond acceptors (Lipinski definition) is 3. The second kappa shape index (κ2) is 10.3. The molecule has 0 bridgehead atoms. The molecule has 3 aromatic rings. The molecule has 1 atom stereocenters. The Morgan fingerprint density at radius 1 is 0.938 bits per heavy atom. The van der Waals surface area contributed by atoms with Crippen molar-refractivity contribution < 1.29 is 13.5 Å². The third-order valence-electron chi connectivity index (χ3n) is 5.93. The van der Waals surface area contributed by atoms with E-state index >= 15 is 0 Å². The molecule has 0 radical (unpaired) electrons. The van der Waals surface area contributed by atoms with E-state index in [1.807, 2.05) is 37.3 Å². The molecule has 168 valence electrons. The van der Waals surface area contributed by atoms with Crippen LogP contribution in [0.25, 0.3) is 0 Å². The summed E-state index contributed by atoms with van der Waals surface area (Å²) in [5, 5.41) is 0.679. The van der Waals surface area contributed by atoms with Gasteiger partial charge in [-0.15, -0.1) is 0 Å². The van der Waals surface area contributed by atoms with Crippen LogP contribution in [0.4, 0.5) is 14.5 Å². The summed E-state index contributed by atoms with van der Waals surface area (Å²) in [6, 6.07) is 18.9. The van der Waals surface area contributed by atoms with Crippen LogP contribution in [0, 0.1) is 18.6 Å². The number of ether oxygens (including phenoxy) is 1. The predicted molar refractivity (Wildman–Crippen MR) is 126 cm³/mol. The number of aryl methyl sites for hydroxylation is 1. The van der Waals surface area contributed by atoms with Gasteiger partial charge in [0.25, 0.3) is 0 Å². The van der Waals surface area contributed by atoms with Crippen molar-refractivity contribution in [3.8, 4) is 5.75 Å². The summed E-state index contributed by atoms with van der Waals surface area (Å²) in [6.45, 7) is 6.24. The number of halogens is 3. The summed E-state index contributed by atoms with van der Waals surface area (Å²) < 4.78 is 34.0. The molecule has 0 aromatic heterocycles. The topological polar surface area (TPSA) is 15.7 Å². The molecule has 0 N–H and O–H groups in total. The highest BCUT2D eigenvalue weighted by Crippen LogP contribution is 2.29. The van der Waals surface area contributed by atoms with E-state index in [1.165, 1.54) is 18.2 Å². The number of nitrogens with zero attached hydrogens (tertiary/aromatic N) is 2. The van der Waals surface area contributed by atoms with Crippen molar-refractivity contribution in [1.29, 1.82) is 0 Å². The fourth-order valence-corrected chi connectivity index (χ4v) is 4.17. The Balaban J connectivity index is 1.40. The molecule has 3 nitrogen and oxygen atoms in total. The van der Waals surface area contributed by atoms with Gasteiger partial charge in [-0.1, -0.05) is 29.8 Å². The highest BCUT2D eigenvalue weighted by atomic mass is 35.5. The Kier molecular flexibility index (Phi) is 7.28. The number of piperazine rings is 1. The Labute approximate surface area is 193 Å². The standard InChI is InChI=1S/C26H27ClF2N2O/c1-19-18-22(10-11-24(19)27)32-26(23-4-2-3-5-25(23)29)12-13-30-14-16-31(17-15-30)21-8-6-20(28)7-9-21/h2-11,18,26H,12-17H2,1H3. The van der Waals surface area contributed by atoms with Crippen molar-refractivity contribution in [3.05, 3.63) is 94.5 Å². The van der Waals surface area contributed by atoms with E-state index in [9.17, 15) is 8.78 Å². The summed E-state index contributed by atoms with van der Waals surface area (Å²) in [5.74, 6) is 0.202. The summed E-state index contributed by atoms with van der Waals surface area (Å²) in [4.78, 5) is 4.63. The zero-order valence-corrected chi connectivity index (χ0v) is 18.9. The second-order valence-electron chi connectivity index (χ2n) is 8.13. The predicted octanol–water partition coefficient (Wildman–Crippen LogP) is 6.26. The number of rotatable bonds is 7. The molecule has 1 fully saturated rings. The molecule has 3 aromatic carbocycles.